The summed E-state index contributed by atoms with van der Waals surface area (Å²) in [7, 11) is 1.61. The molecule has 0 aliphatic heterocycles. The van der Waals surface area contributed by atoms with Gasteiger partial charge in [-0.15, -0.1) is 0 Å². The molecule has 0 aromatic rings. The van der Waals surface area contributed by atoms with Crippen LogP contribution < -0.4 is 0 Å². The van der Waals surface area contributed by atoms with Gasteiger partial charge in [-0.25, -0.2) is 0 Å². The largest absolute Gasteiger partial charge is 0.450 e. The molecule has 0 amide bonds. The molecule has 62 valence electrons. The van der Waals surface area contributed by atoms with Crippen LogP contribution in [0.5, 0.6) is 0 Å². The summed E-state index contributed by atoms with van der Waals surface area (Å²) in [6.07, 6.45) is 10.6. The zero-order valence-corrected chi connectivity index (χ0v) is 7.23. The molecule has 1 nitrogen and oxygen atoms in total. The lowest BCUT2D eigenvalue weighted by Crippen LogP contribution is -1.77. The quantitative estimate of drug-likeness (QED) is 0.444. The lowest BCUT2D eigenvalue weighted by molar-refractivity contribution is 0.371. The van der Waals surface area contributed by atoms with Gasteiger partial charge in [0.2, 0.25) is 0 Å². The van der Waals surface area contributed by atoms with Crippen molar-refractivity contribution in [2.75, 3.05) is 7.11 Å². The third-order valence-electron chi connectivity index (χ3n) is 2.04. The number of ether oxygens (including phenoxy) is 1. The van der Waals surface area contributed by atoms with Crippen LogP contribution in [0.2, 0.25) is 0 Å². The summed E-state index contributed by atoms with van der Waals surface area (Å²) < 4.78 is 4.62. The smallest absolute Gasteiger partial charge is 0.109 e. The molecule has 0 radical (unpaired) electrons. The Morgan fingerprint density at radius 2 is 2.18 bits per heavy atom. The van der Waals surface area contributed by atoms with Crippen LogP contribution in [0.3, 0.4) is 0 Å². The molecular weight excluding hydrogens is 136 g/mol. The van der Waals surface area contributed by atoms with Gasteiger partial charge in [-0.1, -0.05) is 31.6 Å². The summed E-state index contributed by atoms with van der Waals surface area (Å²) in [6.45, 7) is 0. The molecule has 1 fully saturated rings. The van der Waals surface area contributed by atoms with Crippen molar-refractivity contribution in [2.45, 2.75) is 38.5 Å². The van der Waals surface area contributed by atoms with Gasteiger partial charge in [0, 0.05) is 6.42 Å². The Kier molecular flexibility index (Phi) is 3.90. The number of rotatable bonds is 4. The van der Waals surface area contributed by atoms with Crippen molar-refractivity contribution in [3.05, 3.63) is 0 Å². The van der Waals surface area contributed by atoms with Crippen LogP contribution in [0.15, 0.2) is 0 Å². The van der Waals surface area contributed by atoms with E-state index in [1.807, 2.05) is 0 Å². The van der Waals surface area contributed by atoms with E-state index >= 15 is 0 Å². The fourth-order valence-corrected chi connectivity index (χ4v) is 1.18. The van der Waals surface area contributed by atoms with Gasteiger partial charge in [0.25, 0.3) is 0 Å². The van der Waals surface area contributed by atoms with E-state index in [9.17, 15) is 0 Å². The minimum atomic E-state index is 1.00. The van der Waals surface area contributed by atoms with Crippen molar-refractivity contribution in [1.29, 1.82) is 0 Å². The monoisotopic (exact) mass is 152 g/mol. The van der Waals surface area contributed by atoms with Gasteiger partial charge in [0.05, 0.1) is 7.11 Å². The first-order valence-electron chi connectivity index (χ1n) is 4.44. The minimum absolute atomic E-state index is 1.00. The summed E-state index contributed by atoms with van der Waals surface area (Å²) in [5.74, 6) is 4.03. The molecule has 0 spiro atoms. The molecular formula is C10H16O. The van der Waals surface area contributed by atoms with Crippen LogP contribution in [0.25, 0.3) is 0 Å². The molecule has 1 rings (SSSR count). The Labute approximate surface area is 69.1 Å². The van der Waals surface area contributed by atoms with Crippen molar-refractivity contribution >= 4 is 0 Å². The maximum Gasteiger partial charge on any atom is 0.109 e. The zero-order chi connectivity index (χ0) is 7.94. The second-order valence-electron chi connectivity index (χ2n) is 3.17. The zero-order valence-electron chi connectivity index (χ0n) is 7.23. The fraction of sp³-hybridized carbons (Fsp3) is 0.800. The predicted molar refractivity (Wildman–Crippen MR) is 46.0 cm³/mol. The fourth-order valence-electron chi connectivity index (χ4n) is 1.18. The molecule has 0 saturated heterocycles. The molecule has 0 atom stereocenters. The van der Waals surface area contributed by atoms with E-state index in [2.05, 4.69) is 16.8 Å². The molecule has 0 bridgehead atoms. The van der Waals surface area contributed by atoms with E-state index in [4.69, 9.17) is 0 Å². The SMILES string of the molecule is COC#CCCCCC1CC1. The number of methoxy groups -OCH3 is 1. The van der Waals surface area contributed by atoms with Crippen molar-refractivity contribution in [1.82, 2.24) is 0 Å². The van der Waals surface area contributed by atoms with E-state index in [1.165, 1.54) is 32.1 Å². The molecule has 0 aromatic heterocycles. The molecule has 0 heterocycles. The highest BCUT2D eigenvalue weighted by Crippen LogP contribution is 2.33. The van der Waals surface area contributed by atoms with E-state index in [0.717, 1.165) is 12.3 Å². The normalized spacial score (nSPS) is 15.4. The minimum Gasteiger partial charge on any atom is -0.450 e. The maximum absolute atomic E-state index is 4.62. The average Bonchev–Trinajstić information content (AvgIpc) is 2.80. The maximum atomic E-state index is 4.62. The Morgan fingerprint density at radius 1 is 1.36 bits per heavy atom. The first kappa shape index (κ1) is 8.46. The van der Waals surface area contributed by atoms with Gasteiger partial charge in [-0.2, -0.15) is 0 Å². The van der Waals surface area contributed by atoms with E-state index in [0.29, 0.717) is 0 Å². The topological polar surface area (TPSA) is 9.23 Å². The molecule has 1 saturated carbocycles. The molecule has 0 unspecified atom stereocenters. The number of hydrogen-bond donors (Lipinski definition) is 0. The summed E-state index contributed by atoms with van der Waals surface area (Å²) in [4.78, 5) is 0. The number of unbranched alkanes of at least 4 members (excludes halogenated alkanes) is 2. The molecule has 11 heavy (non-hydrogen) atoms. The van der Waals surface area contributed by atoms with Crippen molar-refractivity contribution in [3.63, 3.8) is 0 Å². The molecule has 0 aromatic carbocycles. The Balaban J connectivity index is 1.79. The van der Waals surface area contributed by atoms with E-state index in [1.54, 1.807) is 7.11 Å². The highest BCUT2D eigenvalue weighted by molar-refractivity contribution is 4.90. The average molecular weight is 152 g/mol. The number of hydrogen-bond acceptors (Lipinski definition) is 1. The van der Waals surface area contributed by atoms with E-state index < -0.39 is 0 Å². The van der Waals surface area contributed by atoms with Crippen LogP contribution in [-0.4, -0.2) is 7.11 Å². The first-order valence-corrected chi connectivity index (χ1v) is 4.44. The summed E-state index contributed by atoms with van der Waals surface area (Å²) in [5.41, 5.74) is 0. The molecule has 1 heteroatoms. The second kappa shape index (κ2) is 5.07. The van der Waals surface area contributed by atoms with Crippen LogP contribution >= 0.6 is 0 Å². The van der Waals surface area contributed by atoms with Crippen LogP contribution in [0.4, 0.5) is 0 Å². The Morgan fingerprint density at radius 3 is 2.82 bits per heavy atom. The highest BCUT2D eigenvalue weighted by atomic mass is 16.5. The summed E-state index contributed by atoms with van der Waals surface area (Å²) in [5, 5.41) is 0. The van der Waals surface area contributed by atoms with Gasteiger partial charge in [0.1, 0.15) is 6.11 Å². The van der Waals surface area contributed by atoms with Crippen LogP contribution in [-0.2, 0) is 4.74 Å². The molecule has 1 aliphatic carbocycles. The van der Waals surface area contributed by atoms with Gasteiger partial charge < -0.3 is 4.74 Å². The van der Waals surface area contributed by atoms with Crippen LogP contribution in [0, 0.1) is 17.9 Å². The van der Waals surface area contributed by atoms with Crippen molar-refractivity contribution < 1.29 is 4.74 Å². The second-order valence-corrected chi connectivity index (χ2v) is 3.17. The molecule has 0 N–H and O–H groups in total. The first-order chi connectivity index (χ1) is 5.43. The third-order valence-corrected chi connectivity index (χ3v) is 2.04. The lowest BCUT2D eigenvalue weighted by atomic mass is 10.1. The van der Waals surface area contributed by atoms with Gasteiger partial charge in [0.15, 0.2) is 0 Å². The van der Waals surface area contributed by atoms with Gasteiger partial charge in [-0.3, -0.25) is 0 Å². The predicted octanol–water partition coefficient (Wildman–Crippen LogP) is 2.56. The highest BCUT2D eigenvalue weighted by Gasteiger charge is 2.19. The Hall–Kier alpha value is -0.640. The summed E-state index contributed by atoms with van der Waals surface area (Å²) in [6, 6.07) is 0. The lowest BCUT2D eigenvalue weighted by Gasteiger charge is -1.92. The van der Waals surface area contributed by atoms with Gasteiger partial charge >= 0.3 is 0 Å². The van der Waals surface area contributed by atoms with E-state index in [-0.39, 0.29) is 0 Å². The van der Waals surface area contributed by atoms with Crippen molar-refractivity contribution in [3.8, 4) is 12.0 Å². The Bertz CT molecular complexity index is 148. The van der Waals surface area contributed by atoms with Gasteiger partial charge in [-0.05, 0) is 12.3 Å². The molecule has 1 aliphatic rings. The standard InChI is InChI=1S/C10H16O/c1-11-9-5-3-2-4-6-10-7-8-10/h10H,2-4,6-8H2,1H3. The van der Waals surface area contributed by atoms with Crippen molar-refractivity contribution in [2.24, 2.45) is 5.92 Å². The third kappa shape index (κ3) is 4.72. The summed E-state index contributed by atoms with van der Waals surface area (Å²) >= 11 is 0. The van der Waals surface area contributed by atoms with Crippen LogP contribution in [0.1, 0.15) is 38.5 Å².